The van der Waals surface area contributed by atoms with Crippen LogP contribution in [0, 0.1) is 0 Å². The highest BCUT2D eigenvalue weighted by Gasteiger charge is 2.26. The summed E-state index contributed by atoms with van der Waals surface area (Å²) in [7, 11) is 0. The van der Waals surface area contributed by atoms with Gasteiger partial charge in [0.05, 0.1) is 28.7 Å². The van der Waals surface area contributed by atoms with Crippen molar-refractivity contribution in [3.8, 4) is 11.5 Å². The molecule has 1 aromatic carbocycles. The second-order valence-corrected chi connectivity index (χ2v) is 6.03. The van der Waals surface area contributed by atoms with Crippen LogP contribution < -0.4 is 0 Å². The molecule has 0 aliphatic carbocycles. The van der Waals surface area contributed by atoms with E-state index in [4.69, 9.17) is 4.98 Å². The molecule has 2 aromatic heterocycles. The number of para-hydroxylation sites is 2. The summed E-state index contributed by atoms with van der Waals surface area (Å²) < 4.78 is 2.09. The minimum atomic E-state index is -0.714. The van der Waals surface area contributed by atoms with Gasteiger partial charge in [-0.2, -0.15) is 0 Å². The van der Waals surface area contributed by atoms with Crippen LogP contribution in [0.1, 0.15) is 26.7 Å². The molecule has 21 heavy (non-hydrogen) atoms. The molecular weight excluding hydrogens is 282 g/mol. The van der Waals surface area contributed by atoms with Crippen LogP contribution in [-0.4, -0.2) is 25.2 Å². The lowest BCUT2D eigenvalue weighted by atomic mass is 9.97. The summed E-state index contributed by atoms with van der Waals surface area (Å²) in [6.07, 6.45) is 1.43. The van der Waals surface area contributed by atoms with Gasteiger partial charge >= 0.3 is 0 Å². The maximum Gasteiger partial charge on any atom is 0.160 e. The summed E-state index contributed by atoms with van der Waals surface area (Å²) in [4.78, 5) is 9.08. The third kappa shape index (κ3) is 2.59. The van der Waals surface area contributed by atoms with Gasteiger partial charge < -0.3 is 9.67 Å². The Morgan fingerprint density at radius 2 is 2.00 bits per heavy atom. The summed E-state index contributed by atoms with van der Waals surface area (Å²) in [5.74, 6) is 0.831. The van der Waals surface area contributed by atoms with E-state index in [1.165, 1.54) is 0 Å². The quantitative estimate of drug-likeness (QED) is 0.781. The van der Waals surface area contributed by atoms with E-state index in [1.54, 1.807) is 11.3 Å². The first-order valence-electron chi connectivity index (χ1n) is 7.23. The lowest BCUT2D eigenvalue weighted by Crippen LogP contribution is -2.32. The molecule has 0 radical (unpaired) electrons. The normalized spacial score (nSPS) is 12.1. The zero-order chi connectivity index (χ0) is 14.9. The fourth-order valence-corrected chi connectivity index (χ4v) is 3.05. The first-order chi connectivity index (χ1) is 10.2. The van der Waals surface area contributed by atoms with Crippen LogP contribution in [0.4, 0.5) is 0 Å². The minimum absolute atomic E-state index is 0.535. The van der Waals surface area contributed by atoms with Gasteiger partial charge in [-0.15, -0.1) is 11.3 Å². The predicted octanol–water partition coefficient (Wildman–Crippen LogP) is 3.71. The highest BCUT2D eigenvalue weighted by molar-refractivity contribution is 7.07. The summed E-state index contributed by atoms with van der Waals surface area (Å²) in [5, 5.41) is 12.7. The van der Waals surface area contributed by atoms with Crippen molar-refractivity contribution in [2.75, 3.05) is 0 Å². The lowest BCUT2D eigenvalue weighted by molar-refractivity contribution is 0.0165. The van der Waals surface area contributed by atoms with Crippen LogP contribution in [0.3, 0.4) is 0 Å². The minimum Gasteiger partial charge on any atom is -0.388 e. The van der Waals surface area contributed by atoms with Gasteiger partial charge in [0.1, 0.15) is 5.69 Å². The molecule has 0 unspecified atom stereocenters. The van der Waals surface area contributed by atoms with E-state index in [-0.39, 0.29) is 0 Å². The van der Waals surface area contributed by atoms with Crippen molar-refractivity contribution in [2.45, 2.75) is 38.8 Å². The Morgan fingerprint density at radius 3 is 2.67 bits per heavy atom. The van der Waals surface area contributed by atoms with Crippen LogP contribution in [0.5, 0.6) is 0 Å². The molecule has 0 fully saturated rings. The van der Waals surface area contributed by atoms with Crippen molar-refractivity contribution in [2.24, 2.45) is 0 Å². The lowest BCUT2D eigenvalue weighted by Gasteiger charge is -2.26. The fourth-order valence-electron chi connectivity index (χ4n) is 2.52. The first kappa shape index (κ1) is 14.2. The Bertz CT molecular complexity index is 729. The molecule has 0 aliphatic rings. The number of nitrogens with zero attached hydrogens (tertiary/aromatic N) is 3. The number of aliphatic hydroxyl groups is 1. The highest BCUT2D eigenvalue weighted by Crippen LogP contribution is 2.28. The molecule has 0 saturated heterocycles. The predicted molar refractivity (Wildman–Crippen MR) is 86.4 cm³/mol. The smallest absolute Gasteiger partial charge is 0.160 e. The van der Waals surface area contributed by atoms with Crippen LogP contribution in [0.25, 0.3) is 22.6 Å². The van der Waals surface area contributed by atoms with Gasteiger partial charge in [-0.1, -0.05) is 26.0 Å². The molecule has 0 aliphatic heterocycles. The average molecular weight is 301 g/mol. The van der Waals surface area contributed by atoms with E-state index in [0.29, 0.717) is 19.4 Å². The fraction of sp³-hybridized carbons (Fsp3) is 0.375. The molecule has 1 N–H and O–H groups in total. The third-order valence-electron chi connectivity index (χ3n) is 4.08. The number of hydrogen-bond donors (Lipinski definition) is 1. The Labute approximate surface area is 128 Å². The molecule has 0 amide bonds. The third-order valence-corrected chi connectivity index (χ3v) is 4.67. The highest BCUT2D eigenvalue weighted by atomic mass is 32.1. The zero-order valence-electron chi connectivity index (χ0n) is 12.3. The van der Waals surface area contributed by atoms with Crippen LogP contribution in [0.2, 0.25) is 0 Å². The first-order valence-corrected chi connectivity index (χ1v) is 8.17. The molecule has 4 nitrogen and oxygen atoms in total. The van der Waals surface area contributed by atoms with Gasteiger partial charge in [-0.25, -0.2) is 9.97 Å². The van der Waals surface area contributed by atoms with Crippen molar-refractivity contribution in [3.05, 3.63) is 35.2 Å². The van der Waals surface area contributed by atoms with Crippen LogP contribution in [-0.2, 0) is 6.54 Å². The second kappa shape index (κ2) is 5.58. The summed E-state index contributed by atoms with van der Waals surface area (Å²) in [5.41, 5.74) is 3.95. The molecule has 3 aromatic rings. The number of fused-ring (bicyclic) bond motifs is 1. The molecule has 0 spiro atoms. The molecule has 0 saturated carbocycles. The average Bonchev–Trinajstić information content (AvgIpc) is 3.15. The van der Waals surface area contributed by atoms with Gasteiger partial charge in [0.2, 0.25) is 0 Å². The Kier molecular flexibility index (Phi) is 3.78. The Hall–Kier alpha value is -1.72. The number of imidazole rings is 1. The molecule has 0 atom stereocenters. The van der Waals surface area contributed by atoms with E-state index in [0.717, 1.165) is 22.6 Å². The van der Waals surface area contributed by atoms with Gasteiger partial charge in [0, 0.05) is 5.38 Å². The van der Waals surface area contributed by atoms with Crippen LogP contribution in [0.15, 0.2) is 35.2 Å². The second-order valence-electron chi connectivity index (χ2n) is 5.32. The maximum absolute atomic E-state index is 10.7. The standard InChI is InChI=1S/C16H19N3OS/c1-3-16(20,4-2)10-19-14-8-6-5-7-12(14)18-15(19)13-9-21-11-17-13/h5-9,11,20H,3-4,10H2,1-2H3. The van der Waals surface area contributed by atoms with Crippen molar-refractivity contribution in [1.82, 2.24) is 14.5 Å². The van der Waals surface area contributed by atoms with Crippen molar-refractivity contribution in [1.29, 1.82) is 0 Å². The molecule has 5 heteroatoms. The Balaban J connectivity index is 2.16. The van der Waals surface area contributed by atoms with E-state index in [1.807, 2.05) is 49.0 Å². The number of rotatable bonds is 5. The maximum atomic E-state index is 10.7. The van der Waals surface area contributed by atoms with Gasteiger partial charge in [0.15, 0.2) is 5.82 Å². The summed E-state index contributed by atoms with van der Waals surface area (Å²) in [6, 6.07) is 8.03. The van der Waals surface area contributed by atoms with E-state index >= 15 is 0 Å². The van der Waals surface area contributed by atoms with Gasteiger partial charge in [-0.3, -0.25) is 0 Å². The SMILES string of the molecule is CCC(O)(CC)Cn1c(-c2cscn2)nc2ccccc21. The van der Waals surface area contributed by atoms with Crippen molar-refractivity contribution >= 4 is 22.4 Å². The van der Waals surface area contributed by atoms with Crippen LogP contribution >= 0.6 is 11.3 Å². The Morgan fingerprint density at radius 1 is 1.24 bits per heavy atom. The molecule has 110 valence electrons. The van der Waals surface area contributed by atoms with E-state index in [9.17, 15) is 5.11 Å². The van der Waals surface area contributed by atoms with Gasteiger partial charge in [0.25, 0.3) is 0 Å². The monoisotopic (exact) mass is 301 g/mol. The largest absolute Gasteiger partial charge is 0.388 e. The van der Waals surface area contributed by atoms with E-state index < -0.39 is 5.60 Å². The number of benzene rings is 1. The molecule has 3 rings (SSSR count). The summed E-state index contributed by atoms with van der Waals surface area (Å²) in [6.45, 7) is 4.57. The molecular formula is C16H19N3OS. The van der Waals surface area contributed by atoms with Gasteiger partial charge in [-0.05, 0) is 25.0 Å². The van der Waals surface area contributed by atoms with Crippen molar-refractivity contribution in [3.63, 3.8) is 0 Å². The number of aromatic nitrogens is 3. The number of hydrogen-bond acceptors (Lipinski definition) is 4. The molecule has 2 heterocycles. The van der Waals surface area contributed by atoms with E-state index in [2.05, 4.69) is 9.55 Å². The zero-order valence-corrected chi connectivity index (χ0v) is 13.1. The topological polar surface area (TPSA) is 50.9 Å². The molecule has 0 bridgehead atoms. The van der Waals surface area contributed by atoms with Crippen molar-refractivity contribution < 1.29 is 5.11 Å². The summed E-state index contributed by atoms with van der Waals surface area (Å²) >= 11 is 1.56. The number of thiazole rings is 1.